The summed E-state index contributed by atoms with van der Waals surface area (Å²) in [4.78, 5) is 11.8. The second-order valence-corrected chi connectivity index (χ2v) is 3.44. The highest BCUT2D eigenvalue weighted by atomic mass is 19.4. The number of alkyl halides is 3. The monoisotopic (exact) mass is 227 g/mol. The zero-order chi connectivity index (χ0) is 12.1. The van der Waals surface area contributed by atoms with Crippen LogP contribution in [-0.4, -0.2) is 43.2 Å². The fraction of sp³-hybridized carbons (Fsp3) is 0.875. The highest BCUT2D eigenvalue weighted by Crippen LogP contribution is 2.16. The molecule has 0 aromatic rings. The number of primary amides is 1. The van der Waals surface area contributed by atoms with Crippen molar-refractivity contribution in [1.29, 1.82) is 0 Å². The zero-order valence-corrected chi connectivity index (χ0v) is 8.55. The van der Waals surface area contributed by atoms with Crippen LogP contribution in [0, 0.1) is 5.92 Å². The van der Waals surface area contributed by atoms with Gasteiger partial charge in [0, 0.05) is 25.6 Å². The normalized spacial score (nSPS) is 14.3. The van der Waals surface area contributed by atoms with Crippen molar-refractivity contribution in [3.8, 4) is 0 Å². The molecule has 0 rings (SSSR count). The molecular formula is C8H16F3N3O. The molecule has 1 atom stereocenters. The van der Waals surface area contributed by atoms with Gasteiger partial charge in [-0.05, 0) is 0 Å². The first-order valence-corrected chi connectivity index (χ1v) is 4.54. The van der Waals surface area contributed by atoms with Crippen LogP contribution in [0.2, 0.25) is 0 Å². The summed E-state index contributed by atoms with van der Waals surface area (Å²) < 4.78 is 36.2. The third kappa shape index (κ3) is 7.15. The summed E-state index contributed by atoms with van der Waals surface area (Å²) in [5, 5.41) is 0. The Labute approximate surface area is 86.4 Å². The molecular weight excluding hydrogens is 211 g/mol. The van der Waals surface area contributed by atoms with Gasteiger partial charge in [-0.3, -0.25) is 9.69 Å². The van der Waals surface area contributed by atoms with Crippen LogP contribution in [0.15, 0.2) is 0 Å². The Hall–Kier alpha value is -0.820. The average Bonchev–Trinajstić information content (AvgIpc) is 2.00. The van der Waals surface area contributed by atoms with Crippen molar-refractivity contribution < 1.29 is 18.0 Å². The van der Waals surface area contributed by atoms with Crippen LogP contribution in [0.1, 0.15) is 6.92 Å². The SMILES string of the molecule is CC(CN(CCN)CC(F)(F)F)C(N)=O. The van der Waals surface area contributed by atoms with E-state index in [9.17, 15) is 18.0 Å². The Bertz CT molecular complexity index is 208. The molecule has 0 fully saturated rings. The Morgan fingerprint density at radius 2 is 2.00 bits per heavy atom. The average molecular weight is 227 g/mol. The van der Waals surface area contributed by atoms with E-state index in [4.69, 9.17) is 11.5 Å². The van der Waals surface area contributed by atoms with Crippen molar-refractivity contribution in [3.63, 3.8) is 0 Å². The Balaban J connectivity index is 4.21. The minimum absolute atomic E-state index is 0.0218. The number of amides is 1. The van der Waals surface area contributed by atoms with Crippen molar-refractivity contribution in [2.45, 2.75) is 13.1 Å². The molecule has 0 spiro atoms. The van der Waals surface area contributed by atoms with Crippen molar-refractivity contribution in [1.82, 2.24) is 4.90 Å². The van der Waals surface area contributed by atoms with E-state index >= 15 is 0 Å². The molecule has 90 valence electrons. The predicted octanol–water partition coefficient (Wildman–Crippen LogP) is -0.0692. The third-order valence-electron chi connectivity index (χ3n) is 1.87. The molecule has 0 heterocycles. The number of nitrogens with zero attached hydrogens (tertiary/aromatic N) is 1. The quantitative estimate of drug-likeness (QED) is 0.667. The standard InChI is InChI=1S/C8H16F3N3O/c1-6(7(13)15)4-14(3-2-12)5-8(9,10)11/h6H,2-5,12H2,1H3,(H2,13,15). The summed E-state index contributed by atoms with van der Waals surface area (Å²) in [5.41, 5.74) is 10.1. The Morgan fingerprint density at radius 3 is 2.33 bits per heavy atom. The fourth-order valence-corrected chi connectivity index (χ4v) is 1.15. The lowest BCUT2D eigenvalue weighted by molar-refractivity contribution is -0.148. The van der Waals surface area contributed by atoms with Gasteiger partial charge in [-0.25, -0.2) is 0 Å². The lowest BCUT2D eigenvalue weighted by atomic mass is 10.1. The van der Waals surface area contributed by atoms with Crippen LogP contribution in [0.25, 0.3) is 0 Å². The molecule has 15 heavy (non-hydrogen) atoms. The minimum atomic E-state index is -4.29. The van der Waals surface area contributed by atoms with Gasteiger partial charge in [0.05, 0.1) is 6.54 Å². The van der Waals surface area contributed by atoms with E-state index in [2.05, 4.69) is 0 Å². The Kier molecular flexibility index (Phi) is 5.59. The number of hydrogen-bond donors (Lipinski definition) is 2. The van der Waals surface area contributed by atoms with Crippen LogP contribution in [0.3, 0.4) is 0 Å². The number of halogens is 3. The summed E-state index contributed by atoms with van der Waals surface area (Å²) in [7, 11) is 0. The zero-order valence-electron chi connectivity index (χ0n) is 8.55. The molecule has 1 unspecified atom stereocenters. The van der Waals surface area contributed by atoms with Gasteiger partial charge < -0.3 is 11.5 Å². The maximum Gasteiger partial charge on any atom is 0.401 e. The smallest absolute Gasteiger partial charge is 0.369 e. The van der Waals surface area contributed by atoms with Crippen LogP contribution >= 0.6 is 0 Å². The maximum absolute atomic E-state index is 12.1. The minimum Gasteiger partial charge on any atom is -0.369 e. The second kappa shape index (κ2) is 5.92. The maximum atomic E-state index is 12.1. The first kappa shape index (κ1) is 14.2. The lowest BCUT2D eigenvalue weighted by Gasteiger charge is -2.24. The molecule has 7 heteroatoms. The van der Waals surface area contributed by atoms with Gasteiger partial charge in [0.25, 0.3) is 0 Å². The molecule has 0 aliphatic heterocycles. The number of carbonyl (C=O) groups excluding carboxylic acids is 1. The van der Waals surface area contributed by atoms with E-state index in [1.165, 1.54) is 6.92 Å². The summed E-state index contributed by atoms with van der Waals surface area (Å²) in [6.07, 6.45) is -4.29. The molecule has 4 N–H and O–H groups in total. The third-order valence-corrected chi connectivity index (χ3v) is 1.87. The summed E-state index contributed by atoms with van der Waals surface area (Å²) in [6.45, 7) is 0.606. The van der Waals surface area contributed by atoms with E-state index in [0.717, 1.165) is 4.90 Å². The molecule has 0 bridgehead atoms. The van der Waals surface area contributed by atoms with Crippen molar-refractivity contribution >= 4 is 5.91 Å². The highest BCUT2D eigenvalue weighted by molar-refractivity contribution is 5.76. The van der Waals surface area contributed by atoms with Gasteiger partial charge in [0.2, 0.25) is 5.91 Å². The summed E-state index contributed by atoms with van der Waals surface area (Å²) >= 11 is 0. The molecule has 0 saturated carbocycles. The van der Waals surface area contributed by atoms with E-state index in [0.29, 0.717) is 0 Å². The van der Waals surface area contributed by atoms with Crippen LogP contribution in [0.5, 0.6) is 0 Å². The summed E-state index contributed by atoms with van der Waals surface area (Å²) in [6, 6.07) is 0. The van der Waals surface area contributed by atoms with Crippen LogP contribution in [-0.2, 0) is 4.79 Å². The van der Waals surface area contributed by atoms with Gasteiger partial charge in [-0.15, -0.1) is 0 Å². The van der Waals surface area contributed by atoms with Crippen molar-refractivity contribution in [2.24, 2.45) is 17.4 Å². The van der Waals surface area contributed by atoms with E-state index in [-0.39, 0.29) is 19.6 Å². The molecule has 0 radical (unpaired) electrons. The van der Waals surface area contributed by atoms with Gasteiger partial charge in [0.15, 0.2) is 0 Å². The molecule has 0 aliphatic rings. The predicted molar refractivity (Wildman–Crippen MR) is 49.9 cm³/mol. The van der Waals surface area contributed by atoms with Crippen LogP contribution < -0.4 is 11.5 Å². The van der Waals surface area contributed by atoms with E-state index < -0.39 is 24.5 Å². The largest absolute Gasteiger partial charge is 0.401 e. The number of nitrogens with two attached hydrogens (primary N) is 2. The van der Waals surface area contributed by atoms with Gasteiger partial charge in [-0.2, -0.15) is 13.2 Å². The molecule has 1 amide bonds. The first-order valence-electron chi connectivity index (χ1n) is 4.54. The molecule has 0 aromatic heterocycles. The lowest BCUT2D eigenvalue weighted by Crippen LogP contribution is -2.42. The number of carbonyl (C=O) groups is 1. The first-order chi connectivity index (χ1) is 6.76. The second-order valence-electron chi connectivity index (χ2n) is 3.44. The number of hydrogen-bond acceptors (Lipinski definition) is 3. The van der Waals surface area contributed by atoms with E-state index in [1.54, 1.807) is 0 Å². The summed E-state index contributed by atoms with van der Waals surface area (Å²) in [5.74, 6) is -1.22. The van der Waals surface area contributed by atoms with Gasteiger partial charge in [0.1, 0.15) is 0 Å². The van der Waals surface area contributed by atoms with Crippen LogP contribution in [0.4, 0.5) is 13.2 Å². The molecule has 0 aliphatic carbocycles. The molecule has 0 saturated heterocycles. The van der Waals surface area contributed by atoms with Gasteiger partial charge in [-0.1, -0.05) is 6.92 Å². The van der Waals surface area contributed by atoms with Crippen molar-refractivity contribution in [3.05, 3.63) is 0 Å². The van der Waals surface area contributed by atoms with E-state index in [1.807, 2.05) is 0 Å². The van der Waals surface area contributed by atoms with Gasteiger partial charge >= 0.3 is 6.18 Å². The topological polar surface area (TPSA) is 72.3 Å². The molecule has 0 aromatic carbocycles. The number of rotatable bonds is 6. The Morgan fingerprint density at radius 1 is 1.47 bits per heavy atom. The molecule has 4 nitrogen and oxygen atoms in total. The highest BCUT2D eigenvalue weighted by Gasteiger charge is 2.31. The van der Waals surface area contributed by atoms with Crippen molar-refractivity contribution in [2.75, 3.05) is 26.2 Å². The fourth-order valence-electron chi connectivity index (χ4n) is 1.15.